The molecule has 0 saturated heterocycles. The maximum Gasteiger partial charge on any atom is 0.279 e. The van der Waals surface area contributed by atoms with E-state index in [2.05, 4.69) is 15.8 Å². The molecule has 1 amide bonds. The van der Waals surface area contributed by atoms with Gasteiger partial charge < -0.3 is 10.2 Å². The van der Waals surface area contributed by atoms with Gasteiger partial charge in [-0.1, -0.05) is 42.5 Å². The maximum absolute atomic E-state index is 13.5. The second kappa shape index (κ2) is 10.2. The third-order valence-electron chi connectivity index (χ3n) is 6.10. The highest BCUT2D eigenvalue weighted by Gasteiger charge is 2.36. The van der Waals surface area contributed by atoms with Crippen LogP contribution in [-0.2, 0) is 21.4 Å². The highest BCUT2D eigenvalue weighted by molar-refractivity contribution is 7.89. The zero-order chi connectivity index (χ0) is 27.7. The molecular formula is C26H20N6O5S2. The fourth-order valence-corrected chi connectivity index (χ4v) is 4.95. The van der Waals surface area contributed by atoms with Crippen LogP contribution in [0.2, 0.25) is 0 Å². The lowest BCUT2D eigenvalue weighted by molar-refractivity contribution is -0.384. The summed E-state index contributed by atoms with van der Waals surface area (Å²) in [4.78, 5) is 25.9. The Labute approximate surface area is 228 Å². The minimum atomic E-state index is -3.84. The number of amides is 1. The molecule has 4 aromatic carbocycles. The van der Waals surface area contributed by atoms with Gasteiger partial charge in [0.15, 0.2) is 10.8 Å². The number of benzene rings is 4. The van der Waals surface area contributed by atoms with Crippen LogP contribution in [0.3, 0.4) is 0 Å². The number of nitrogens with zero attached hydrogens (tertiary/aromatic N) is 3. The van der Waals surface area contributed by atoms with Gasteiger partial charge in [0.2, 0.25) is 10.0 Å². The predicted octanol–water partition coefficient (Wildman–Crippen LogP) is 3.63. The van der Waals surface area contributed by atoms with Crippen molar-refractivity contribution in [1.29, 1.82) is 0 Å². The Balaban J connectivity index is 1.43. The number of rotatable bonds is 6. The number of hydrogen-bond acceptors (Lipinski definition) is 7. The largest absolute Gasteiger partial charge is 0.331 e. The summed E-state index contributed by atoms with van der Waals surface area (Å²) >= 11 is 5.26. The SMILES string of the molecule is NS(=O)(=O)c1ccc(NC(=S)NN=C2C(=O)N(Cc3cccc4ccccc34)c3ccc([N+](=O)[O-])cc32)cc1. The van der Waals surface area contributed by atoms with Crippen LogP contribution in [0.15, 0.2) is 94.9 Å². The summed E-state index contributed by atoms with van der Waals surface area (Å²) in [6, 6.07) is 23.4. The van der Waals surface area contributed by atoms with Crippen LogP contribution in [0, 0.1) is 10.1 Å². The number of anilines is 2. The first-order valence-electron chi connectivity index (χ1n) is 11.5. The van der Waals surface area contributed by atoms with Crippen molar-refractivity contribution in [3.8, 4) is 0 Å². The number of thiocarbonyl (C=S) groups is 1. The van der Waals surface area contributed by atoms with Gasteiger partial charge in [-0.25, -0.2) is 13.6 Å². The minimum absolute atomic E-state index is 0.0122. The molecule has 11 nitrogen and oxygen atoms in total. The minimum Gasteiger partial charge on any atom is -0.331 e. The quantitative estimate of drug-likeness (QED) is 0.183. The van der Waals surface area contributed by atoms with Crippen LogP contribution >= 0.6 is 12.2 Å². The molecule has 4 N–H and O–H groups in total. The fourth-order valence-electron chi connectivity index (χ4n) is 4.27. The standard InChI is InChI=1S/C26H20N6O5S2/c27-39(36,37)20-11-8-18(9-12-20)28-26(38)30-29-24-22-14-19(32(34)35)10-13-23(22)31(25(24)33)15-17-6-3-5-16-4-1-2-7-21(16)17/h1-14H,15H2,(H2,27,36,37)(H2,28,30,38). The lowest BCUT2D eigenvalue weighted by Gasteiger charge is -2.18. The Morgan fingerprint density at radius 3 is 2.46 bits per heavy atom. The molecule has 0 fully saturated rings. The van der Waals surface area contributed by atoms with E-state index in [1.165, 1.54) is 47.4 Å². The second-order valence-corrected chi connectivity index (χ2v) is 10.6. The first kappa shape index (κ1) is 25.9. The first-order chi connectivity index (χ1) is 18.6. The number of carbonyl (C=O) groups excluding carboxylic acids is 1. The molecule has 0 aliphatic carbocycles. The summed E-state index contributed by atoms with van der Waals surface area (Å²) in [6.07, 6.45) is 0. The summed E-state index contributed by atoms with van der Waals surface area (Å²) in [7, 11) is -3.84. The molecule has 4 aromatic rings. The molecule has 5 rings (SSSR count). The topological polar surface area (TPSA) is 160 Å². The van der Waals surface area contributed by atoms with E-state index in [0.29, 0.717) is 16.9 Å². The number of primary sulfonamides is 1. The van der Waals surface area contributed by atoms with E-state index in [1.807, 2.05) is 42.5 Å². The van der Waals surface area contributed by atoms with Gasteiger partial charge in [0.05, 0.1) is 22.1 Å². The highest BCUT2D eigenvalue weighted by atomic mass is 32.2. The molecule has 0 aromatic heterocycles. The lowest BCUT2D eigenvalue weighted by atomic mass is 10.0. The summed E-state index contributed by atoms with van der Waals surface area (Å²) in [5.41, 5.74) is 4.51. The molecular weight excluding hydrogens is 540 g/mol. The van der Waals surface area contributed by atoms with E-state index in [0.717, 1.165) is 16.3 Å². The van der Waals surface area contributed by atoms with Crippen LogP contribution in [0.25, 0.3) is 10.8 Å². The van der Waals surface area contributed by atoms with Gasteiger partial charge in [-0.15, -0.1) is 0 Å². The smallest absolute Gasteiger partial charge is 0.279 e. The second-order valence-electron chi connectivity index (χ2n) is 8.58. The number of carbonyl (C=O) groups is 1. The van der Waals surface area contributed by atoms with E-state index < -0.39 is 20.9 Å². The maximum atomic E-state index is 13.5. The molecule has 0 saturated carbocycles. The Morgan fingerprint density at radius 1 is 1.03 bits per heavy atom. The first-order valence-corrected chi connectivity index (χ1v) is 13.4. The average molecular weight is 561 g/mol. The Bertz CT molecular complexity index is 1780. The Kier molecular flexibility index (Phi) is 6.78. The fraction of sp³-hybridized carbons (Fsp3) is 0.0385. The molecule has 0 radical (unpaired) electrons. The van der Waals surface area contributed by atoms with Gasteiger partial charge in [0.1, 0.15) is 0 Å². The molecule has 0 atom stereocenters. The number of nitrogens with two attached hydrogens (primary N) is 1. The third kappa shape index (κ3) is 5.31. The van der Waals surface area contributed by atoms with Crippen LogP contribution in [-0.4, -0.2) is 30.1 Å². The Hall–Kier alpha value is -4.72. The van der Waals surface area contributed by atoms with Gasteiger partial charge in [-0.05, 0) is 58.9 Å². The van der Waals surface area contributed by atoms with E-state index >= 15 is 0 Å². The average Bonchev–Trinajstić information content (AvgIpc) is 3.17. The molecule has 1 heterocycles. The normalized spacial score (nSPS) is 13.9. The van der Waals surface area contributed by atoms with Gasteiger partial charge in [-0.2, -0.15) is 5.10 Å². The highest BCUT2D eigenvalue weighted by Crippen LogP contribution is 2.34. The molecule has 13 heteroatoms. The molecule has 39 heavy (non-hydrogen) atoms. The van der Waals surface area contributed by atoms with Crippen molar-refractivity contribution in [2.75, 3.05) is 10.2 Å². The zero-order valence-electron chi connectivity index (χ0n) is 20.1. The number of non-ortho nitro benzene ring substituents is 1. The molecule has 1 aliphatic heterocycles. The number of nitro groups is 1. The van der Waals surface area contributed by atoms with E-state index in [-0.39, 0.29) is 28.0 Å². The number of hydrogen-bond donors (Lipinski definition) is 3. The van der Waals surface area contributed by atoms with Crippen molar-refractivity contribution in [1.82, 2.24) is 5.43 Å². The summed E-state index contributed by atoms with van der Waals surface area (Å²) < 4.78 is 22.9. The van der Waals surface area contributed by atoms with Crippen LogP contribution in [0.1, 0.15) is 11.1 Å². The summed E-state index contributed by atoms with van der Waals surface area (Å²) in [6.45, 7) is 0.225. The zero-order valence-corrected chi connectivity index (χ0v) is 21.7. The Morgan fingerprint density at radius 2 is 1.74 bits per heavy atom. The number of fused-ring (bicyclic) bond motifs is 2. The van der Waals surface area contributed by atoms with Gasteiger partial charge >= 0.3 is 0 Å². The van der Waals surface area contributed by atoms with Crippen molar-refractivity contribution in [2.45, 2.75) is 11.4 Å². The number of sulfonamides is 1. The van der Waals surface area contributed by atoms with Crippen molar-refractivity contribution in [2.24, 2.45) is 10.2 Å². The molecule has 0 spiro atoms. The lowest BCUT2D eigenvalue weighted by Crippen LogP contribution is -2.32. The molecule has 1 aliphatic rings. The van der Waals surface area contributed by atoms with Crippen molar-refractivity contribution in [3.05, 3.63) is 106 Å². The van der Waals surface area contributed by atoms with E-state index in [1.54, 1.807) is 0 Å². The van der Waals surface area contributed by atoms with E-state index in [4.69, 9.17) is 17.4 Å². The predicted molar refractivity (Wildman–Crippen MR) is 152 cm³/mol. The number of hydrazone groups is 1. The van der Waals surface area contributed by atoms with Crippen molar-refractivity contribution < 1.29 is 18.1 Å². The van der Waals surface area contributed by atoms with E-state index in [9.17, 15) is 23.3 Å². The van der Waals surface area contributed by atoms with Gasteiger partial charge in [0, 0.05) is 23.4 Å². The molecule has 196 valence electrons. The molecule has 0 unspecified atom stereocenters. The van der Waals surface area contributed by atoms with Crippen LogP contribution < -0.4 is 20.8 Å². The van der Waals surface area contributed by atoms with Crippen molar-refractivity contribution >= 4 is 66.8 Å². The van der Waals surface area contributed by atoms with Crippen molar-refractivity contribution in [3.63, 3.8) is 0 Å². The van der Waals surface area contributed by atoms with Gasteiger partial charge in [-0.3, -0.25) is 20.3 Å². The summed E-state index contributed by atoms with van der Waals surface area (Å²) in [5.74, 6) is -0.453. The monoisotopic (exact) mass is 560 g/mol. The summed E-state index contributed by atoms with van der Waals surface area (Å²) in [5, 5.41) is 25.6. The van der Waals surface area contributed by atoms with Crippen LogP contribution in [0.4, 0.5) is 17.1 Å². The van der Waals surface area contributed by atoms with Crippen LogP contribution in [0.5, 0.6) is 0 Å². The van der Waals surface area contributed by atoms with Gasteiger partial charge in [0.25, 0.3) is 11.6 Å². The number of nitrogens with one attached hydrogen (secondary N) is 2. The number of nitro benzene ring substituents is 1. The third-order valence-corrected chi connectivity index (χ3v) is 7.23. The molecule has 0 bridgehead atoms.